The van der Waals surface area contributed by atoms with E-state index in [2.05, 4.69) is 66.4 Å². The molecule has 1 atom stereocenters. The molecule has 152 valence electrons. The second kappa shape index (κ2) is 13.7. The van der Waals surface area contributed by atoms with E-state index in [1.165, 1.54) is 0 Å². The Bertz CT molecular complexity index is 669. The van der Waals surface area contributed by atoms with Crippen LogP contribution in [0.3, 0.4) is 0 Å². The van der Waals surface area contributed by atoms with Gasteiger partial charge < -0.3 is 15.5 Å². The van der Waals surface area contributed by atoms with Crippen molar-refractivity contribution < 1.29 is 0 Å². The molecule has 0 amide bonds. The summed E-state index contributed by atoms with van der Waals surface area (Å²) < 4.78 is 0. The Hall–Kier alpha value is -2.44. The number of nitrogens with zero attached hydrogens (tertiary/aromatic N) is 1. The summed E-state index contributed by atoms with van der Waals surface area (Å²) in [5, 5.41) is 6.77. The Morgan fingerprint density at radius 3 is 2.61 bits per heavy atom. The molecule has 0 heterocycles. The first kappa shape index (κ1) is 23.6. The monoisotopic (exact) mass is 379 g/mol. The lowest BCUT2D eigenvalue weighted by atomic mass is 9.99. The fourth-order valence-electron chi connectivity index (χ4n) is 3.29. The molecule has 2 N–H and O–H groups in total. The second-order valence-electron chi connectivity index (χ2n) is 7.02. The molecule has 28 heavy (non-hydrogen) atoms. The van der Waals surface area contributed by atoms with Gasteiger partial charge in [-0.2, -0.15) is 0 Å². The summed E-state index contributed by atoms with van der Waals surface area (Å²) in [7, 11) is 4.09. The highest BCUT2D eigenvalue weighted by molar-refractivity contribution is 5.81. The summed E-state index contributed by atoms with van der Waals surface area (Å²) in [4.78, 5) is 2.23. The van der Waals surface area contributed by atoms with Gasteiger partial charge in [0.2, 0.25) is 0 Å². The molecule has 0 saturated heterocycles. The molecule has 0 fully saturated rings. The zero-order chi connectivity index (χ0) is 20.8. The Morgan fingerprint density at radius 1 is 1.21 bits per heavy atom. The third kappa shape index (κ3) is 7.29. The molecule has 3 nitrogen and oxygen atoms in total. The summed E-state index contributed by atoms with van der Waals surface area (Å²) in [5.74, 6) is 2.70. The van der Waals surface area contributed by atoms with Gasteiger partial charge in [0.15, 0.2) is 0 Å². The highest BCUT2D eigenvalue weighted by atomic mass is 15.1. The molecule has 0 aliphatic carbocycles. The number of hydrogen-bond acceptors (Lipinski definition) is 3. The number of anilines is 1. The SMILES string of the molecule is C#CCCCCNc1cccc(C=C)c1C(=C)N(C)C(C=C)CCCCNC. The van der Waals surface area contributed by atoms with Crippen molar-refractivity contribution >= 4 is 17.5 Å². The number of terminal acetylenes is 1. The van der Waals surface area contributed by atoms with E-state index in [4.69, 9.17) is 6.42 Å². The maximum atomic E-state index is 5.34. The molecule has 0 aromatic heterocycles. The Balaban J connectivity index is 2.92. The van der Waals surface area contributed by atoms with Crippen LogP contribution >= 0.6 is 0 Å². The topological polar surface area (TPSA) is 27.3 Å². The van der Waals surface area contributed by atoms with Crippen LogP contribution in [0, 0.1) is 12.3 Å². The number of benzene rings is 1. The largest absolute Gasteiger partial charge is 0.384 e. The Kier molecular flexibility index (Phi) is 11.5. The maximum Gasteiger partial charge on any atom is 0.0467 e. The van der Waals surface area contributed by atoms with E-state index < -0.39 is 0 Å². The predicted molar refractivity (Wildman–Crippen MR) is 126 cm³/mol. The Morgan fingerprint density at radius 2 is 1.96 bits per heavy atom. The number of unbranched alkanes of at least 4 members (excludes halogenated alkanes) is 3. The van der Waals surface area contributed by atoms with Crippen LogP contribution in [-0.2, 0) is 0 Å². The zero-order valence-corrected chi connectivity index (χ0v) is 17.8. The minimum atomic E-state index is 0.255. The van der Waals surface area contributed by atoms with Gasteiger partial charge >= 0.3 is 0 Å². The molecule has 1 aromatic carbocycles. The van der Waals surface area contributed by atoms with Crippen molar-refractivity contribution in [3.63, 3.8) is 0 Å². The Labute approximate surface area is 172 Å². The highest BCUT2D eigenvalue weighted by Gasteiger charge is 2.18. The van der Waals surface area contributed by atoms with Gasteiger partial charge in [0.1, 0.15) is 0 Å². The average Bonchev–Trinajstić information content (AvgIpc) is 2.72. The lowest BCUT2D eigenvalue weighted by Crippen LogP contribution is -2.29. The van der Waals surface area contributed by atoms with Crippen molar-refractivity contribution in [3.8, 4) is 12.3 Å². The molecule has 0 aliphatic heterocycles. The predicted octanol–water partition coefficient (Wildman–Crippen LogP) is 5.39. The number of rotatable bonds is 15. The van der Waals surface area contributed by atoms with E-state index in [0.717, 1.165) is 74.1 Å². The van der Waals surface area contributed by atoms with Crippen LogP contribution in [0.15, 0.2) is 44.0 Å². The van der Waals surface area contributed by atoms with Gasteiger partial charge in [0, 0.05) is 43.0 Å². The summed E-state index contributed by atoms with van der Waals surface area (Å²) in [6.45, 7) is 14.4. The molecule has 1 unspecified atom stereocenters. The molecule has 0 radical (unpaired) electrons. The van der Waals surface area contributed by atoms with Gasteiger partial charge in [0.25, 0.3) is 0 Å². The van der Waals surface area contributed by atoms with Crippen LogP contribution in [0.1, 0.15) is 49.7 Å². The van der Waals surface area contributed by atoms with Crippen molar-refractivity contribution in [1.29, 1.82) is 0 Å². The maximum absolute atomic E-state index is 5.34. The molecular formula is C25H37N3. The van der Waals surface area contributed by atoms with Crippen LogP contribution in [-0.4, -0.2) is 38.1 Å². The van der Waals surface area contributed by atoms with Gasteiger partial charge in [-0.05, 0) is 57.3 Å². The van der Waals surface area contributed by atoms with Crippen LogP contribution in [0.25, 0.3) is 11.8 Å². The molecule has 1 aromatic rings. The van der Waals surface area contributed by atoms with Crippen LogP contribution in [0.5, 0.6) is 0 Å². The standard InChI is InChI=1S/C25H37N3/c1-7-10-11-13-20-27-24-18-15-16-22(8-2)25(24)21(4)28(6)23(9-3)17-12-14-19-26-5/h1,8-9,15-16,18,23,26-27H,2-4,10-14,17,19-20H2,5-6H3. The van der Waals surface area contributed by atoms with E-state index in [1.807, 2.05) is 19.2 Å². The molecule has 0 spiro atoms. The minimum Gasteiger partial charge on any atom is -0.384 e. The summed E-state index contributed by atoms with van der Waals surface area (Å²) in [6.07, 6.45) is 15.5. The second-order valence-corrected chi connectivity index (χ2v) is 7.02. The first-order valence-electron chi connectivity index (χ1n) is 10.2. The van der Waals surface area contributed by atoms with Crippen molar-refractivity contribution in [2.75, 3.05) is 32.5 Å². The van der Waals surface area contributed by atoms with Gasteiger partial charge in [-0.1, -0.05) is 37.4 Å². The van der Waals surface area contributed by atoms with Gasteiger partial charge in [-0.25, -0.2) is 0 Å². The van der Waals surface area contributed by atoms with Crippen LogP contribution in [0.2, 0.25) is 0 Å². The third-order valence-corrected chi connectivity index (χ3v) is 5.04. The molecule has 1 rings (SSSR count). The van der Waals surface area contributed by atoms with Crippen molar-refractivity contribution in [2.24, 2.45) is 0 Å². The van der Waals surface area contributed by atoms with Gasteiger partial charge in [-0.15, -0.1) is 18.9 Å². The van der Waals surface area contributed by atoms with Gasteiger partial charge in [0.05, 0.1) is 0 Å². The van der Waals surface area contributed by atoms with Gasteiger partial charge in [-0.3, -0.25) is 0 Å². The molecule has 0 bridgehead atoms. The summed E-state index contributed by atoms with van der Waals surface area (Å²) in [5.41, 5.74) is 4.27. The first-order valence-corrected chi connectivity index (χ1v) is 10.2. The zero-order valence-electron chi connectivity index (χ0n) is 17.8. The summed E-state index contributed by atoms with van der Waals surface area (Å²) in [6, 6.07) is 6.50. The van der Waals surface area contributed by atoms with E-state index in [9.17, 15) is 0 Å². The van der Waals surface area contributed by atoms with Crippen LogP contribution in [0.4, 0.5) is 5.69 Å². The number of hydrogen-bond donors (Lipinski definition) is 2. The van der Waals surface area contributed by atoms with E-state index in [0.29, 0.717) is 0 Å². The number of likely N-dealkylation sites (N-methyl/N-ethyl adjacent to an activating group) is 1. The smallest absolute Gasteiger partial charge is 0.0467 e. The lowest BCUT2D eigenvalue weighted by molar-refractivity contribution is 0.375. The average molecular weight is 380 g/mol. The van der Waals surface area contributed by atoms with E-state index in [-0.39, 0.29) is 6.04 Å². The van der Waals surface area contributed by atoms with Crippen molar-refractivity contribution in [2.45, 2.75) is 44.6 Å². The minimum absolute atomic E-state index is 0.255. The quantitative estimate of drug-likeness (QED) is 0.243. The van der Waals surface area contributed by atoms with Crippen LogP contribution < -0.4 is 10.6 Å². The molecule has 3 heteroatoms. The van der Waals surface area contributed by atoms with E-state index in [1.54, 1.807) is 0 Å². The molecule has 0 aliphatic rings. The third-order valence-electron chi connectivity index (χ3n) is 5.04. The number of nitrogens with one attached hydrogen (secondary N) is 2. The summed E-state index contributed by atoms with van der Waals surface area (Å²) >= 11 is 0. The highest BCUT2D eigenvalue weighted by Crippen LogP contribution is 2.31. The normalized spacial score (nSPS) is 11.3. The molecular weight excluding hydrogens is 342 g/mol. The molecule has 0 saturated carbocycles. The fraction of sp³-hybridized carbons (Fsp3) is 0.440. The van der Waals surface area contributed by atoms with E-state index >= 15 is 0 Å². The first-order chi connectivity index (χ1) is 13.6. The van der Waals surface area contributed by atoms with Crippen molar-refractivity contribution in [1.82, 2.24) is 10.2 Å². The fourth-order valence-corrected chi connectivity index (χ4v) is 3.29. The lowest BCUT2D eigenvalue weighted by Gasteiger charge is -2.31. The van der Waals surface area contributed by atoms with Crippen molar-refractivity contribution in [3.05, 3.63) is 55.1 Å².